The van der Waals surface area contributed by atoms with Crippen LogP contribution in [0.4, 0.5) is 5.82 Å². The summed E-state index contributed by atoms with van der Waals surface area (Å²) in [5.74, 6) is 1.88. The van der Waals surface area contributed by atoms with Crippen LogP contribution in [0.3, 0.4) is 0 Å². The van der Waals surface area contributed by atoms with Crippen LogP contribution in [0.5, 0.6) is 0 Å². The number of aromatic nitrogens is 1. The largest absolute Gasteiger partial charge is 0.356 e. The van der Waals surface area contributed by atoms with Gasteiger partial charge in [0.2, 0.25) is 0 Å². The topological polar surface area (TPSA) is 28.2 Å². The normalized spacial score (nSPS) is 21.4. The third-order valence-corrected chi connectivity index (χ3v) is 4.10. The van der Waals surface area contributed by atoms with E-state index >= 15 is 0 Å². The Kier molecular flexibility index (Phi) is 5.20. The maximum Gasteiger partial charge on any atom is 0.128 e. The van der Waals surface area contributed by atoms with Crippen molar-refractivity contribution in [2.75, 3.05) is 24.5 Å². The molecule has 3 heteroatoms. The number of rotatable bonds is 5. The van der Waals surface area contributed by atoms with Crippen molar-refractivity contribution in [2.45, 2.75) is 46.1 Å². The van der Waals surface area contributed by atoms with Gasteiger partial charge in [-0.25, -0.2) is 4.98 Å². The highest BCUT2D eigenvalue weighted by atomic mass is 15.2. The fourth-order valence-corrected chi connectivity index (χ4v) is 2.81. The molecule has 2 unspecified atom stereocenters. The summed E-state index contributed by atoms with van der Waals surface area (Å²) in [6.45, 7) is 10.0. The SMILES string of the molecule is CCCNC(C)C1CCCN(c2ccc(C)cn2)C1. The Morgan fingerprint density at radius 3 is 3.00 bits per heavy atom. The van der Waals surface area contributed by atoms with Crippen molar-refractivity contribution in [1.82, 2.24) is 10.3 Å². The van der Waals surface area contributed by atoms with Crippen molar-refractivity contribution in [3.8, 4) is 0 Å². The van der Waals surface area contributed by atoms with Gasteiger partial charge in [-0.3, -0.25) is 0 Å². The maximum absolute atomic E-state index is 4.56. The molecule has 1 N–H and O–H groups in total. The average molecular weight is 261 g/mol. The lowest BCUT2D eigenvalue weighted by molar-refractivity contribution is 0.320. The smallest absolute Gasteiger partial charge is 0.128 e. The zero-order valence-corrected chi connectivity index (χ0v) is 12.5. The zero-order valence-electron chi connectivity index (χ0n) is 12.5. The number of aryl methyl sites for hydroxylation is 1. The number of hydrogen-bond donors (Lipinski definition) is 1. The van der Waals surface area contributed by atoms with Crippen molar-refractivity contribution >= 4 is 5.82 Å². The van der Waals surface area contributed by atoms with Gasteiger partial charge in [0.05, 0.1) is 0 Å². The minimum absolute atomic E-state index is 0.605. The van der Waals surface area contributed by atoms with E-state index in [0.29, 0.717) is 6.04 Å². The summed E-state index contributed by atoms with van der Waals surface area (Å²) in [5, 5.41) is 3.64. The molecule has 2 rings (SSSR count). The molecule has 19 heavy (non-hydrogen) atoms. The molecule has 2 heterocycles. The van der Waals surface area contributed by atoms with Crippen LogP contribution in [0.2, 0.25) is 0 Å². The lowest BCUT2D eigenvalue weighted by Gasteiger charge is -2.36. The molecule has 1 fully saturated rings. The summed E-state index contributed by atoms with van der Waals surface area (Å²) in [6.07, 6.45) is 5.79. The van der Waals surface area contributed by atoms with Crippen LogP contribution < -0.4 is 10.2 Å². The Balaban J connectivity index is 1.94. The molecule has 0 bridgehead atoms. The summed E-state index contributed by atoms with van der Waals surface area (Å²) in [6, 6.07) is 4.92. The van der Waals surface area contributed by atoms with Crippen molar-refractivity contribution < 1.29 is 0 Å². The van der Waals surface area contributed by atoms with E-state index in [1.165, 1.54) is 24.8 Å². The zero-order chi connectivity index (χ0) is 13.7. The number of nitrogens with one attached hydrogen (secondary N) is 1. The number of anilines is 1. The van der Waals surface area contributed by atoms with E-state index < -0.39 is 0 Å². The van der Waals surface area contributed by atoms with Crippen LogP contribution in [-0.4, -0.2) is 30.7 Å². The Labute approximate surface area is 117 Å². The van der Waals surface area contributed by atoms with Gasteiger partial charge in [-0.2, -0.15) is 0 Å². The second-order valence-electron chi connectivity index (χ2n) is 5.78. The molecule has 1 aromatic heterocycles. The van der Waals surface area contributed by atoms with Crippen LogP contribution in [0.15, 0.2) is 18.3 Å². The molecule has 3 nitrogen and oxygen atoms in total. The maximum atomic E-state index is 4.56. The summed E-state index contributed by atoms with van der Waals surface area (Å²) < 4.78 is 0. The van der Waals surface area contributed by atoms with Gasteiger partial charge in [0.25, 0.3) is 0 Å². The Morgan fingerprint density at radius 1 is 1.47 bits per heavy atom. The Morgan fingerprint density at radius 2 is 2.32 bits per heavy atom. The van der Waals surface area contributed by atoms with E-state index in [1.807, 2.05) is 6.20 Å². The van der Waals surface area contributed by atoms with E-state index in [-0.39, 0.29) is 0 Å². The lowest BCUT2D eigenvalue weighted by atomic mass is 9.91. The number of pyridine rings is 1. The molecular formula is C16H27N3. The summed E-state index contributed by atoms with van der Waals surface area (Å²) in [7, 11) is 0. The molecule has 0 amide bonds. The van der Waals surface area contributed by atoms with Crippen LogP contribution in [-0.2, 0) is 0 Å². The number of nitrogens with zero attached hydrogens (tertiary/aromatic N) is 2. The third-order valence-electron chi connectivity index (χ3n) is 4.10. The molecule has 0 spiro atoms. The summed E-state index contributed by atoms with van der Waals surface area (Å²) >= 11 is 0. The average Bonchev–Trinajstić information content (AvgIpc) is 2.45. The Bertz CT molecular complexity index is 374. The quantitative estimate of drug-likeness (QED) is 0.883. The second-order valence-corrected chi connectivity index (χ2v) is 5.78. The third kappa shape index (κ3) is 3.93. The standard InChI is InChI=1S/C16H27N3/c1-4-9-17-14(3)15-6-5-10-19(12-15)16-8-7-13(2)11-18-16/h7-8,11,14-15,17H,4-6,9-10,12H2,1-3H3. The highest BCUT2D eigenvalue weighted by molar-refractivity contribution is 5.39. The first-order valence-electron chi connectivity index (χ1n) is 7.61. The fraction of sp³-hybridized carbons (Fsp3) is 0.688. The van der Waals surface area contributed by atoms with Crippen molar-refractivity contribution in [2.24, 2.45) is 5.92 Å². The second kappa shape index (κ2) is 6.90. The van der Waals surface area contributed by atoms with Crippen LogP contribution in [0.1, 0.15) is 38.7 Å². The molecular weight excluding hydrogens is 234 g/mol. The minimum Gasteiger partial charge on any atom is -0.356 e. The van der Waals surface area contributed by atoms with Crippen molar-refractivity contribution in [1.29, 1.82) is 0 Å². The molecule has 106 valence electrons. The van der Waals surface area contributed by atoms with E-state index in [1.54, 1.807) is 0 Å². The van der Waals surface area contributed by atoms with Crippen LogP contribution in [0, 0.1) is 12.8 Å². The van der Waals surface area contributed by atoms with E-state index in [2.05, 4.69) is 48.1 Å². The first-order valence-corrected chi connectivity index (χ1v) is 7.61. The van der Waals surface area contributed by atoms with E-state index in [4.69, 9.17) is 0 Å². The van der Waals surface area contributed by atoms with Crippen LogP contribution in [0.25, 0.3) is 0 Å². The van der Waals surface area contributed by atoms with Crippen LogP contribution >= 0.6 is 0 Å². The summed E-state index contributed by atoms with van der Waals surface area (Å²) in [5.41, 5.74) is 1.23. The molecule has 1 aliphatic heterocycles. The molecule has 0 aliphatic carbocycles. The molecule has 0 saturated carbocycles. The number of piperidine rings is 1. The molecule has 1 aromatic rings. The lowest BCUT2D eigenvalue weighted by Crippen LogP contribution is -2.45. The fourth-order valence-electron chi connectivity index (χ4n) is 2.81. The first-order chi connectivity index (χ1) is 9.20. The van der Waals surface area contributed by atoms with E-state index in [9.17, 15) is 0 Å². The predicted octanol–water partition coefficient (Wildman–Crippen LogP) is 2.99. The molecule has 1 saturated heterocycles. The van der Waals surface area contributed by atoms with Gasteiger partial charge in [0.1, 0.15) is 5.82 Å². The summed E-state index contributed by atoms with van der Waals surface area (Å²) in [4.78, 5) is 7.01. The Hall–Kier alpha value is -1.09. The van der Waals surface area contributed by atoms with Gasteiger partial charge in [0.15, 0.2) is 0 Å². The monoisotopic (exact) mass is 261 g/mol. The van der Waals surface area contributed by atoms with Gasteiger partial charge in [-0.05, 0) is 57.2 Å². The van der Waals surface area contributed by atoms with Gasteiger partial charge in [-0.1, -0.05) is 13.0 Å². The van der Waals surface area contributed by atoms with Gasteiger partial charge in [0, 0.05) is 25.3 Å². The predicted molar refractivity (Wildman–Crippen MR) is 81.7 cm³/mol. The number of hydrogen-bond acceptors (Lipinski definition) is 3. The minimum atomic E-state index is 0.605. The van der Waals surface area contributed by atoms with E-state index in [0.717, 1.165) is 31.4 Å². The van der Waals surface area contributed by atoms with Crippen molar-refractivity contribution in [3.63, 3.8) is 0 Å². The molecule has 2 atom stereocenters. The highest BCUT2D eigenvalue weighted by Crippen LogP contribution is 2.23. The first kappa shape index (κ1) is 14.3. The molecule has 0 aromatic carbocycles. The molecule has 1 aliphatic rings. The highest BCUT2D eigenvalue weighted by Gasteiger charge is 2.24. The molecule has 0 radical (unpaired) electrons. The van der Waals surface area contributed by atoms with Gasteiger partial charge in [-0.15, -0.1) is 0 Å². The van der Waals surface area contributed by atoms with Gasteiger partial charge < -0.3 is 10.2 Å². The van der Waals surface area contributed by atoms with Gasteiger partial charge >= 0.3 is 0 Å². The van der Waals surface area contributed by atoms with Crippen molar-refractivity contribution in [3.05, 3.63) is 23.9 Å².